The van der Waals surface area contributed by atoms with Gasteiger partial charge in [0.2, 0.25) is 0 Å². The number of ether oxygens (including phenoxy) is 1. The van der Waals surface area contributed by atoms with Crippen LogP contribution < -0.4 is 10.1 Å². The fourth-order valence-electron chi connectivity index (χ4n) is 2.14. The predicted molar refractivity (Wildman–Crippen MR) is 62.6 cm³/mol. The van der Waals surface area contributed by atoms with Crippen molar-refractivity contribution in [3.63, 3.8) is 0 Å². The molecule has 0 bridgehead atoms. The van der Waals surface area contributed by atoms with E-state index in [2.05, 4.69) is 15.5 Å². The zero-order chi connectivity index (χ0) is 10.8. The highest BCUT2D eigenvalue weighted by Gasteiger charge is 2.15. The van der Waals surface area contributed by atoms with Crippen LogP contribution in [-0.2, 0) is 0 Å². The van der Waals surface area contributed by atoms with Gasteiger partial charge in [-0.25, -0.2) is 0 Å². The normalized spacial score (nSPS) is 21.1. The first-order chi connectivity index (χ1) is 7.93. The average molecular weight is 217 g/mol. The number of H-pyrrole nitrogens is 1. The van der Waals surface area contributed by atoms with Gasteiger partial charge in [-0.15, -0.1) is 0 Å². The summed E-state index contributed by atoms with van der Waals surface area (Å²) in [5.74, 6) is 0.931. The van der Waals surface area contributed by atoms with Gasteiger partial charge in [-0.05, 0) is 31.5 Å². The van der Waals surface area contributed by atoms with Crippen molar-refractivity contribution in [2.75, 3.05) is 13.1 Å². The van der Waals surface area contributed by atoms with Gasteiger partial charge in [-0.1, -0.05) is 6.07 Å². The van der Waals surface area contributed by atoms with Crippen molar-refractivity contribution in [2.24, 2.45) is 0 Å². The number of hydrogen-bond donors (Lipinski definition) is 2. The van der Waals surface area contributed by atoms with Gasteiger partial charge in [0.05, 0.1) is 17.1 Å². The number of fused-ring (bicyclic) bond motifs is 1. The second-order valence-electron chi connectivity index (χ2n) is 4.17. The maximum Gasteiger partial charge on any atom is 0.130 e. The lowest BCUT2D eigenvalue weighted by Gasteiger charge is -2.24. The van der Waals surface area contributed by atoms with Gasteiger partial charge in [-0.3, -0.25) is 5.10 Å². The van der Waals surface area contributed by atoms with E-state index in [0.717, 1.165) is 36.2 Å². The lowest BCUT2D eigenvalue weighted by molar-refractivity contribution is 0.169. The Morgan fingerprint density at radius 2 is 2.38 bits per heavy atom. The highest BCUT2D eigenvalue weighted by atomic mass is 16.5. The SMILES string of the molecule is c1cc(O[C@@H]2CCCNC2)c2cn[nH]c2c1. The zero-order valence-electron chi connectivity index (χ0n) is 9.07. The summed E-state index contributed by atoms with van der Waals surface area (Å²) in [4.78, 5) is 0. The molecule has 1 atom stereocenters. The van der Waals surface area contributed by atoms with Crippen molar-refractivity contribution < 1.29 is 4.74 Å². The number of aromatic amines is 1. The molecule has 0 amide bonds. The Hall–Kier alpha value is -1.55. The Morgan fingerprint density at radius 3 is 3.25 bits per heavy atom. The molecule has 3 rings (SSSR count). The molecule has 1 aromatic carbocycles. The van der Waals surface area contributed by atoms with Crippen LogP contribution in [0.2, 0.25) is 0 Å². The molecule has 1 aliphatic heterocycles. The first kappa shape index (κ1) is 9.66. The minimum absolute atomic E-state index is 0.286. The van der Waals surface area contributed by atoms with E-state index in [9.17, 15) is 0 Å². The van der Waals surface area contributed by atoms with E-state index in [1.54, 1.807) is 0 Å². The molecule has 0 aliphatic carbocycles. The van der Waals surface area contributed by atoms with Crippen LogP contribution in [0, 0.1) is 0 Å². The minimum atomic E-state index is 0.286. The summed E-state index contributed by atoms with van der Waals surface area (Å²) >= 11 is 0. The monoisotopic (exact) mass is 217 g/mol. The molecule has 1 aromatic heterocycles. The summed E-state index contributed by atoms with van der Waals surface area (Å²) < 4.78 is 6.00. The number of nitrogens with one attached hydrogen (secondary N) is 2. The quantitative estimate of drug-likeness (QED) is 0.805. The molecule has 0 unspecified atom stereocenters. The highest BCUT2D eigenvalue weighted by Crippen LogP contribution is 2.25. The van der Waals surface area contributed by atoms with Gasteiger partial charge in [0.1, 0.15) is 11.9 Å². The lowest BCUT2D eigenvalue weighted by atomic mass is 10.1. The maximum absolute atomic E-state index is 6.00. The molecule has 0 radical (unpaired) electrons. The van der Waals surface area contributed by atoms with E-state index >= 15 is 0 Å². The number of nitrogens with zero attached hydrogens (tertiary/aromatic N) is 1. The zero-order valence-corrected chi connectivity index (χ0v) is 9.07. The van der Waals surface area contributed by atoms with Crippen LogP contribution in [0.1, 0.15) is 12.8 Å². The standard InChI is InChI=1S/C12H15N3O/c1-4-11-10(8-14-15-11)12(5-1)16-9-3-2-6-13-7-9/h1,4-5,8-9,13H,2-3,6-7H2,(H,14,15)/t9-/m1/s1. The van der Waals surface area contributed by atoms with Crippen molar-refractivity contribution in [1.82, 2.24) is 15.5 Å². The third-order valence-electron chi connectivity index (χ3n) is 2.99. The Balaban J connectivity index is 1.85. The molecule has 1 aliphatic rings. The van der Waals surface area contributed by atoms with E-state index in [1.165, 1.54) is 6.42 Å². The molecule has 84 valence electrons. The Labute approximate surface area is 94.0 Å². The molecule has 1 fully saturated rings. The molecule has 4 heteroatoms. The van der Waals surface area contributed by atoms with Crippen LogP contribution in [-0.4, -0.2) is 29.4 Å². The first-order valence-electron chi connectivity index (χ1n) is 5.73. The summed E-state index contributed by atoms with van der Waals surface area (Å²) in [5, 5.41) is 11.4. The van der Waals surface area contributed by atoms with Gasteiger partial charge in [0.15, 0.2) is 0 Å². The Kier molecular flexibility index (Phi) is 2.50. The molecule has 0 spiro atoms. The summed E-state index contributed by atoms with van der Waals surface area (Å²) in [6.45, 7) is 2.05. The van der Waals surface area contributed by atoms with Gasteiger partial charge in [-0.2, -0.15) is 5.10 Å². The van der Waals surface area contributed by atoms with E-state index in [-0.39, 0.29) is 6.10 Å². The highest BCUT2D eigenvalue weighted by molar-refractivity contribution is 5.84. The second kappa shape index (κ2) is 4.14. The fraction of sp³-hybridized carbons (Fsp3) is 0.417. The van der Waals surface area contributed by atoms with Crippen molar-refractivity contribution in [3.05, 3.63) is 24.4 Å². The molecule has 1 saturated heterocycles. The molecule has 16 heavy (non-hydrogen) atoms. The van der Waals surface area contributed by atoms with Crippen molar-refractivity contribution in [3.8, 4) is 5.75 Å². The predicted octanol–water partition coefficient (Wildman–Crippen LogP) is 1.69. The number of aromatic nitrogens is 2. The van der Waals surface area contributed by atoms with Gasteiger partial charge >= 0.3 is 0 Å². The number of benzene rings is 1. The first-order valence-corrected chi connectivity index (χ1v) is 5.73. The number of rotatable bonds is 2. The summed E-state index contributed by atoms with van der Waals surface area (Å²) in [7, 11) is 0. The molecule has 2 N–H and O–H groups in total. The van der Waals surface area contributed by atoms with E-state index in [0.29, 0.717) is 0 Å². The van der Waals surface area contributed by atoms with Crippen LogP contribution in [0.25, 0.3) is 10.9 Å². The van der Waals surface area contributed by atoms with E-state index in [4.69, 9.17) is 4.74 Å². The largest absolute Gasteiger partial charge is 0.488 e. The number of piperidine rings is 1. The summed E-state index contributed by atoms with van der Waals surface area (Å²) in [6, 6.07) is 6.01. The molecular weight excluding hydrogens is 202 g/mol. The smallest absolute Gasteiger partial charge is 0.130 e. The molecule has 2 aromatic rings. The molecule has 4 nitrogen and oxygen atoms in total. The van der Waals surface area contributed by atoms with Crippen LogP contribution in [0.4, 0.5) is 0 Å². The van der Waals surface area contributed by atoms with Crippen molar-refractivity contribution >= 4 is 10.9 Å². The van der Waals surface area contributed by atoms with E-state index in [1.807, 2.05) is 24.4 Å². The second-order valence-corrected chi connectivity index (χ2v) is 4.17. The minimum Gasteiger partial charge on any atom is -0.488 e. The van der Waals surface area contributed by atoms with Gasteiger partial charge < -0.3 is 10.1 Å². The number of hydrogen-bond acceptors (Lipinski definition) is 3. The Bertz CT molecular complexity index is 474. The van der Waals surface area contributed by atoms with Crippen LogP contribution in [0.15, 0.2) is 24.4 Å². The van der Waals surface area contributed by atoms with Crippen molar-refractivity contribution in [1.29, 1.82) is 0 Å². The lowest BCUT2D eigenvalue weighted by Crippen LogP contribution is -2.37. The third kappa shape index (κ3) is 1.76. The maximum atomic E-state index is 6.00. The van der Waals surface area contributed by atoms with Crippen LogP contribution in [0.3, 0.4) is 0 Å². The van der Waals surface area contributed by atoms with Crippen LogP contribution >= 0.6 is 0 Å². The van der Waals surface area contributed by atoms with Crippen molar-refractivity contribution in [2.45, 2.75) is 18.9 Å². The Morgan fingerprint density at radius 1 is 1.38 bits per heavy atom. The fourth-order valence-corrected chi connectivity index (χ4v) is 2.14. The van der Waals surface area contributed by atoms with Gasteiger partial charge in [0.25, 0.3) is 0 Å². The summed E-state index contributed by atoms with van der Waals surface area (Å²) in [5.41, 5.74) is 1.03. The molecular formula is C12H15N3O. The summed E-state index contributed by atoms with van der Waals surface area (Å²) in [6.07, 6.45) is 4.42. The van der Waals surface area contributed by atoms with E-state index < -0.39 is 0 Å². The van der Waals surface area contributed by atoms with Gasteiger partial charge in [0, 0.05) is 6.54 Å². The topological polar surface area (TPSA) is 49.9 Å². The average Bonchev–Trinajstić information content (AvgIpc) is 2.80. The van der Waals surface area contributed by atoms with Crippen LogP contribution in [0.5, 0.6) is 5.75 Å². The molecule has 2 heterocycles. The molecule has 0 saturated carbocycles. The third-order valence-corrected chi connectivity index (χ3v) is 2.99.